The van der Waals surface area contributed by atoms with Crippen LogP contribution in [0, 0.1) is 5.82 Å². The van der Waals surface area contributed by atoms with Gasteiger partial charge in [-0.05, 0) is 35.4 Å². The molecule has 2 N–H and O–H groups in total. The van der Waals surface area contributed by atoms with Crippen molar-refractivity contribution in [2.45, 2.75) is 19.2 Å². The summed E-state index contributed by atoms with van der Waals surface area (Å²) in [5, 5.41) is 3.21. The minimum atomic E-state index is -3.26. The lowest BCUT2D eigenvalue weighted by Crippen LogP contribution is -2.24. The van der Waals surface area contributed by atoms with Gasteiger partial charge in [0.25, 0.3) is 0 Å². The van der Waals surface area contributed by atoms with Gasteiger partial charge < -0.3 is 5.32 Å². The van der Waals surface area contributed by atoms with E-state index >= 15 is 0 Å². The van der Waals surface area contributed by atoms with E-state index in [2.05, 4.69) is 10.0 Å². The first-order chi connectivity index (χ1) is 10.5. The molecule has 2 aromatic carbocycles. The zero-order chi connectivity index (χ0) is 16.0. The van der Waals surface area contributed by atoms with Crippen LogP contribution in [0.15, 0.2) is 48.5 Å². The lowest BCUT2D eigenvalue weighted by Gasteiger charge is -2.08. The molecule has 0 saturated heterocycles. The summed E-state index contributed by atoms with van der Waals surface area (Å²) in [6.45, 7) is 2.72. The largest absolute Gasteiger partial charge is 0.381 e. The predicted octanol–water partition coefficient (Wildman–Crippen LogP) is 2.88. The maximum absolute atomic E-state index is 12.8. The summed E-state index contributed by atoms with van der Waals surface area (Å²) in [5.74, 6) is -0.283. The minimum Gasteiger partial charge on any atom is -0.381 e. The lowest BCUT2D eigenvalue weighted by atomic mass is 10.2. The molecule has 0 aliphatic heterocycles. The summed E-state index contributed by atoms with van der Waals surface area (Å²) >= 11 is 0. The molecule has 0 fully saturated rings. The molecule has 0 spiro atoms. The Morgan fingerprint density at radius 3 is 2.14 bits per heavy atom. The molecule has 4 nitrogen and oxygen atoms in total. The second-order valence-corrected chi connectivity index (χ2v) is 6.74. The van der Waals surface area contributed by atoms with Gasteiger partial charge in [0.2, 0.25) is 10.0 Å². The lowest BCUT2D eigenvalue weighted by molar-refractivity contribution is 0.583. The average molecular weight is 322 g/mol. The molecule has 0 aromatic heterocycles. The summed E-state index contributed by atoms with van der Waals surface area (Å²) in [4.78, 5) is 0. The molecule has 2 rings (SSSR count). The van der Waals surface area contributed by atoms with Crippen molar-refractivity contribution in [3.8, 4) is 0 Å². The fraction of sp³-hybridized carbons (Fsp3) is 0.250. The van der Waals surface area contributed by atoms with Crippen LogP contribution >= 0.6 is 0 Å². The molecule has 0 unspecified atom stereocenters. The molecule has 0 atom stereocenters. The van der Waals surface area contributed by atoms with Crippen molar-refractivity contribution in [1.29, 1.82) is 0 Å². The van der Waals surface area contributed by atoms with E-state index in [-0.39, 0.29) is 11.6 Å². The van der Waals surface area contributed by atoms with Crippen LogP contribution < -0.4 is 10.0 Å². The van der Waals surface area contributed by atoms with Gasteiger partial charge in [0.1, 0.15) is 5.82 Å². The molecule has 118 valence electrons. The normalized spacial score (nSPS) is 11.4. The molecule has 0 amide bonds. The molecule has 0 heterocycles. The zero-order valence-electron chi connectivity index (χ0n) is 12.3. The number of hydrogen-bond acceptors (Lipinski definition) is 3. The first-order valence-corrected chi connectivity index (χ1v) is 8.68. The van der Waals surface area contributed by atoms with E-state index in [4.69, 9.17) is 0 Å². The van der Waals surface area contributed by atoms with Crippen molar-refractivity contribution in [2.75, 3.05) is 11.9 Å². The van der Waals surface area contributed by atoms with Crippen LogP contribution in [-0.2, 0) is 22.3 Å². The third kappa shape index (κ3) is 5.13. The van der Waals surface area contributed by atoms with E-state index in [0.717, 1.165) is 16.8 Å². The maximum atomic E-state index is 12.8. The second-order valence-electron chi connectivity index (χ2n) is 4.93. The fourth-order valence-electron chi connectivity index (χ4n) is 2.02. The number of halogens is 1. The van der Waals surface area contributed by atoms with E-state index in [9.17, 15) is 12.8 Å². The highest BCUT2D eigenvalue weighted by molar-refractivity contribution is 7.88. The Hall–Kier alpha value is -1.92. The van der Waals surface area contributed by atoms with Crippen LogP contribution in [0.5, 0.6) is 0 Å². The highest BCUT2D eigenvalue weighted by Gasteiger charge is 2.09. The Labute approximate surface area is 130 Å². The molecule has 6 heteroatoms. The maximum Gasteiger partial charge on any atom is 0.215 e. The van der Waals surface area contributed by atoms with Gasteiger partial charge in [-0.3, -0.25) is 0 Å². The molecular weight excluding hydrogens is 303 g/mol. The molecule has 22 heavy (non-hydrogen) atoms. The van der Waals surface area contributed by atoms with Crippen LogP contribution in [0.3, 0.4) is 0 Å². The van der Waals surface area contributed by atoms with Gasteiger partial charge >= 0.3 is 0 Å². The van der Waals surface area contributed by atoms with Crippen LogP contribution in [0.25, 0.3) is 0 Å². The average Bonchev–Trinajstić information content (AvgIpc) is 2.48. The molecule has 0 radical (unpaired) electrons. The number of nitrogens with one attached hydrogen (secondary N) is 2. The highest BCUT2D eigenvalue weighted by Crippen LogP contribution is 2.13. The third-order valence-electron chi connectivity index (χ3n) is 3.08. The van der Waals surface area contributed by atoms with Crippen LogP contribution in [0.2, 0.25) is 0 Å². The van der Waals surface area contributed by atoms with Crippen molar-refractivity contribution < 1.29 is 12.8 Å². The Bertz CT molecular complexity index is 698. The van der Waals surface area contributed by atoms with E-state index in [1.54, 1.807) is 31.2 Å². The SMILES string of the molecule is CCNS(=O)(=O)Cc1ccc(NCc2ccc(F)cc2)cc1. The zero-order valence-corrected chi connectivity index (χ0v) is 13.2. The Morgan fingerprint density at radius 1 is 0.955 bits per heavy atom. The minimum absolute atomic E-state index is 0.0287. The van der Waals surface area contributed by atoms with Crippen LogP contribution in [-0.4, -0.2) is 15.0 Å². The fourth-order valence-corrected chi connectivity index (χ4v) is 3.19. The Balaban J connectivity index is 1.93. The van der Waals surface area contributed by atoms with Crippen molar-refractivity contribution in [3.05, 3.63) is 65.5 Å². The van der Waals surface area contributed by atoms with Crippen LogP contribution in [0.1, 0.15) is 18.1 Å². The standard InChI is InChI=1S/C16H19FN2O2S/c1-2-19-22(20,21)12-14-5-9-16(10-6-14)18-11-13-3-7-15(17)8-4-13/h3-10,18-19H,2,11-12H2,1H3. The predicted molar refractivity (Wildman–Crippen MR) is 86.5 cm³/mol. The van der Waals surface area contributed by atoms with Gasteiger partial charge in [-0.2, -0.15) is 0 Å². The number of benzene rings is 2. The Kier molecular flexibility index (Phi) is 5.51. The molecule has 0 bridgehead atoms. The first-order valence-electron chi connectivity index (χ1n) is 7.03. The van der Waals surface area contributed by atoms with Gasteiger partial charge in [-0.15, -0.1) is 0 Å². The van der Waals surface area contributed by atoms with Gasteiger partial charge in [0, 0.05) is 18.8 Å². The first kappa shape index (κ1) is 16.5. The molecular formula is C16H19FN2O2S. The van der Waals surface area contributed by atoms with Gasteiger partial charge in [0.15, 0.2) is 0 Å². The molecule has 0 aliphatic carbocycles. The number of anilines is 1. The Morgan fingerprint density at radius 2 is 1.55 bits per heavy atom. The summed E-state index contributed by atoms with van der Waals surface area (Å²) in [6, 6.07) is 13.5. The van der Waals surface area contributed by atoms with Crippen molar-refractivity contribution in [2.24, 2.45) is 0 Å². The quantitative estimate of drug-likeness (QED) is 0.824. The van der Waals surface area contributed by atoms with Gasteiger partial charge in [0.05, 0.1) is 5.75 Å². The number of rotatable bonds is 7. The van der Waals surface area contributed by atoms with Gasteiger partial charge in [-0.25, -0.2) is 17.5 Å². The molecule has 2 aromatic rings. The number of hydrogen-bond donors (Lipinski definition) is 2. The monoisotopic (exact) mass is 322 g/mol. The third-order valence-corrected chi connectivity index (χ3v) is 4.53. The van der Waals surface area contributed by atoms with Gasteiger partial charge in [-0.1, -0.05) is 31.2 Å². The summed E-state index contributed by atoms with van der Waals surface area (Å²) < 4.78 is 38.6. The van der Waals surface area contributed by atoms with E-state index in [1.165, 1.54) is 12.1 Å². The smallest absolute Gasteiger partial charge is 0.215 e. The topological polar surface area (TPSA) is 58.2 Å². The summed E-state index contributed by atoms with van der Waals surface area (Å²) in [6.07, 6.45) is 0. The highest BCUT2D eigenvalue weighted by atomic mass is 32.2. The summed E-state index contributed by atoms with van der Waals surface area (Å²) in [5.41, 5.74) is 2.59. The molecule has 0 saturated carbocycles. The van der Waals surface area contributed by atoms with Crippen molar-refractivity contribution in [3.63, 3.8) is 0 Å². The van der Waals surface area contributed by atoms with Crippen LogP contribution in [0.4, 0.5) is 10.1 Å². The van der Waals surface area contributed by atoms with E-state index in [1.807, 2.05) is 12.1 Å². The van der Waals surface area contributed by atoms with E-state index < -0.39 is 10.0 Å². The summed E-state index contributed by atoms with van der Waals surface area (Å²) in [7, 11) is -3.26. The second kappa shape index (κ2) is 7.38. The van der Waals surface area contributed by atoms with E-state index in [0.29, 0.717) is 13.1 Å². The van der Waals surface area contributed by atoms with Crippen molar-refractivity contribution in [1.82, 2.24) is 4.72 Å². The van der Waals surface area contributed by atoms with Crippen molar-refractivity contribution >= 4 is 15.7 Å². The molecule has 0 aliphatic rings. The number of sulfonamides is 1.